The molecule has 2 heterocycles. The van der Waals surface area contributed by atoms with E-state index >= 15 is 0 Å². The Bertz CT molecular complexity index is 422. The van der Waals surface area contributed by atoms with E-state index < -0.39 is 12.0 Å². The number of anilines is 1. The van der Waals surface area contributed by atoms with E-state index in [4.69, 9.17) is 0 Å². The van der Waals surface area contributed by atoms with Crippen molar-refractivity contribution in [3.63, 3.8) is 0 Å². The van der Waals surface area contributed by atoms with Gasteiger partial charge in [-0.25, -0.2) is 14.8 Å². The molecule has 5 heteroatoms. The Kier molecular flexibility index (Phi) is 3.26. The Morgan fingerprint density at radius 1 is 1.59 bits per heavy atom. The van der Waals surface area contributed by atoms with Crippen LogP contribution in [-0.2, 0) is 11.2 Å². The van der Waals surface area contributed by atoms with Crippen LogP contribution in [0, 0.1) is 5.92 Å². The van der Waals surface area contributed by atoms with Gasteiger partial charge >= 0.3 is 5.97 Å². The average molecular weight is 235 g/mol. The van der Waals surface area contributed by atoms with E-state index in [0.29, 0.717) is 0 Å². The van der Waals surface area contributed by atoms with Gasteiger partial charge in [-0.05, 0) is 18.8 Å². The summed E-state index contributed by atoms with van der Waals surface area (Å²) in [5.41, 5.74) is 0.943. The maximum absolute atomic E-state index is 11.3. The molecule has 0 aromatic carbocycles. The molecule has 17 heavy (non-hydrogen) atoms. The summed E-state index contributed by atoms with van der Waals surface area (Å²) >= 11 is 0. The molecule has 1 aromatic heterocycles. The smallest absolute Gasteiger partial charge is 0.326 e. The fourth-order valence-electron chi connectivity index (χ4n) is 2.32. The van der Waals surface area contributed by atoms with Crippen LogP contribution < -0.4 is 4.90 Å². The van der Waals surface area contributed by atoms with Crippen molar-refractivity contribution in [2.45, 2.75) is 32.7 Å². The summed E-state index contributed by atoms with van der Waals surface area (Å²) in [6, 6.07) is 1.42. The third kappa shape index (κ3) is 2.23. The summed E-state index contributed by atoms with van der Waals surface area (Å²) in [7, 11) is 0. The van der Waals surface area contributed by atoms with Gasteiger partial charge in [0.25, 0.3) is 0 Å². The molecule has 1 aromatic rings. The molecule has 0 saturated carbocycles. The number of aryl methyl sites for hydroxylation is 1. The van der Waals surface area contributed by atoms with Gasteiger partial charge in [0.2, 0.25) is 0 Å². The summed E-state index contributed by atoms with van der Waals surface area (Å²) in [5.74, 6) is 0.118. The van der Waals surface area contributed by atoms with E-state index in [1.54, 1.807) is 0 Å². The van der Waals surface area contributed by atoms with Gasteiger partial charge in [-0.3, -0.25) is 0 Å². The van der Waals surface area contributed by atoms with E-state index in [9.17, 15) is 9.90 Å². The lowest BCUT2D eigenvalue weighted by Crippen LogP contribution is -2.39. The van der Waals surface area contributed by atoms with Gasteiger partial charge in [0.05, 0.1) is 0 Å². The number of carboxylic acid groups (broad SMARTS) is 1. The Labute approximate surface area is 100 Å². The van der Waals surface area contributed by atoms with Crippen molar-refractivity contribution < 1.29 is 9.90 Å². The van der Waals surface area contributed by atoms with Crippen molar-refractivity contribution in [1.82, 2.24) is 9.97 Å². The minimum absolute atomic E-state index is 0.160. The summed E-state index contributed by atoms with van der Waals surface area (Å²) in [4.78, 5) is 21.5. The number of hydrogen-bond acceptors (Lipinski definition) is 4. The van der Waals surface area contributed by atoms with Gasteiger partial charge in [0, 0.05) is 18.3 Å². The quantitative estimate of drug-likeness (QED) is 0.856. The molecule has 92 valence electrons. The molecule has 2 rings (SSSR count). The molecule has 0 aliphatic carbocycles. The zero-order valence-corrected chi connectivity index (χ0v) is 10.1. The second-order valence-electron chi connectivity index (χ2n) is 4.46. The molecular weight excluding hydrogens is 218 g/mol. The number of carbonyl (C=O) groups is 1. The standard InChI is InChI=1S/C12H17N3O2/c1-3-9-6-10(14-7-13-9)15-5-4-8(2)11(15)12(16)17/h6-8,11H,3-5H2,1-2H3,(H,16,17). The van der Waals surface area contributed by atoms with Crippen LogP contribution in [0.4, 0.5) is 5.82 Å². The molecule has 1 N–H and O–H groups in total. The van der Waals surface area contributed by atoms with E-state index in [0.717, 1.165) is 30.9 Å². The van der Waals surface area contributed by atoms with Gasteiger partial charge in [-0.15, -0.1) is 0 Å². The molecule has 2 atom stereocenters. The van der Waals surface area contributed by atoms with Crippen LogP contribution in [0.1, 0.15) is 26.0 Å². The van der Waals surface area contributed by atoms with Crippen LogP contribution in [0.15, 0.2) is 12.4 Å². The zero-order chi connectivity index (χ0) is 12.4. The van der Waals surface area contributed by atoms with Crippen molar-refractivity contribution >= 4 is 11.8 Å². The molecule has 2 unspecified atom stereocenters. The molecule has 1 saturated heterocycles. The third-order valence-electron chi connectivity index (χ3n) is 3.32. The van der Waals surface area contributed by atoms with E-state index in [1.807, 2.05) is 24.8 Å². The molecule has 0 bridgehead atoms. The first-order chi connectivity index (χ1) is 8.13. The highest BCUT2D eigenvalue weighted by Crippen LogP contribution is 2.28. The van der Waals surface area contributed by atoms with E-state index in [-0.39, 0.29) is 5.92 Å². The SMILES string of the molecule is CCc1cc(N2CCC(C)C2C(=O)O)ncn1. The Balaban J connectivity index is 2.29. The second-order valence-corrected chi connectivity index (χ2v) is 4.46. The van der Waals surface area contributed by atoms with Crippen LogP contribution in [0.25, 0.3) is 0 Å². The fourth-order valence-corrected chi connectivity index (χ4v) is 2.32. The topological polar surface area (TPSA) is 66.3 Å². The highest BCUT2D eigenvalue weighted by molar-refractivity contribution is 5.78. The normalized spacial score (nSPS) is 24.0. The first-order valence-electron chi connectivity index (χ1n) is 5.93. The fraction of sp³-hybridized carbons (Fsp3) is 0.583. The monoisotopic (exact) mass is 235 g/mol. The average Bonchev–Trinajstić information content (AvgIpc) is 2.71. The van der Waals surface area contributed by atoms with Crippen LogP contribution in [-0.4, -0.2) is 33.6 Å². The number of hydrogen-bond donors (Lipinski definition) is 1. The van der Waals surface area contributed by atoms with Gasteiger partial charge in [0.15, 0.2) is 0 Å². The van der Waals surface area contributed by atoms with Crippen LogP contribution in [0.3, 0.4) is 0 Å². The predicted octanol–water partition coefficient (Wildman–Crippen LogP) is 1.34. The summed E-state index contributed by atoms with van der Waals surface area (Å²) in [5, 5.41) is 9.26. The molecule has 0 amide bonds. The molecule has 0 radical (unpaired) electrons. The van der Waals surface area contributed by atoms with Crippen molar-refractivity contribution in [2.24, 2.45) is 5.92 Å². The van der Waals surface area contributed by atoms with Gasteiger partial charge in [0.1, 0.15) is 18.2 Å². The maximum atomic E-state index is 11.3. The molecule has 1 aliphatic heterocycles. The summed E-state index contributed by atoms with van der Waals surface area (Å²) in [6.07, 6.45) is 3.23. The minimum Gasteiger partial charge on any atom is -0.480 e. The lowest BCUT2D eigenvalue weighted by Gasteiger charge is -2.24. The van der Waals surface area contributed by atoms with Crippen molar-refractivity contribution in [1.29, 1.82) is 0 Å². The molecule has 5 nitrogen and oxygen atoms in total. The predicted molar refractivity (Wildman–Crippen MR) is 64.0 cm³/mol. The number of carboxylic acids is 1. The molecular formula is C12H17N3O2. The Morgan fingerprint density at radius 3 is 3.00 bits per heavy atom. The third-order valence-corrected chi connectivity index (χ3v) is 3.32. The highest BCUT2D eigenvalue weighted by Gasteiger charge is 2.37. The highest BCUT2D eigenvalue weighted by atomic mass is 16.4. The first kappa shape index (κ1) is 11.8. The van der Waals surface area contributed by atoms with E-state index in [2.05, 4.69) is 9.97 Å². The largest absolute Gasteiger partial charge is 0.480 e. The van der Waals surface area contributed by atoms with Crippen molar-refractivity contribution in [2.75, 3.05) is 11.4 Å². The minimum atomic E-state index is -0.772. The van der Waals surface area contributed by atoms with E-state index in [1.165, 1.54) is 6.33 Å². The summed E-state index contributed by atoms with van der Waals surface area (Å²) in [6.45, 7) is 4.74. The maximum Gasteiger partial charge on any atom is 0.326 e. The molecule has 1 fully saturated rings. The second kappa shape index (κ2) is 4.69. The van der Waals surface area contributed by atoms with Crippen molar-refractivity contribution in [3.05, 3.63) is 18.1 Å². The first-order valence-corrected chi connectivity index (χ1v) is 5.93. The van der Waals surface area contributed by atoms with Crippen LogP contribution in [0.5, 0.6) is 0 Å². The van der Waals surface area contributed by atoms with Gasteiger partial charge < -0.3 is 10.0 Å². The Hall–Kier alpha value is -1.65. The Morgan fingerprint density at radius 2 is 2.35 bits per heavy atom. The lowest BCUT2D eigenvalue weighted by atomic mass is 10.0. The summed E-state index contributed by atoms with van der Waals surface area (Å²) < 4.78 is 0. The number of aromatic nitrogens is 2. The molecule has 0 spiro atoms. The van der Waals surface area contributed by atoms with Crippen LogP contribution in [0.2, 0.25) is 0 Å². The zero-order valence-electron chi connectivity index (χ0n) is 10.1. The van der Waals surface area contributed by atoms with Crippen molar-refractivity contribution in [3.8, 4) is 0 Å². The number of nitrogens with zero attached hydrogens (tertiary/aromatic N) is 3. The number of rotatable bonds is 3. The van der Waals surface area contributed by atoms with Crippen LogP contribution >= 0.6 is 0 Å². The molecule has 1 aliphatic rings. The van der Waals surface area contributed by atoms with Gasteiger partial charge in [-0.2, -0.15) is 0 Å². The van der Waals surface area contributed by atoms with Gasteiger partial charge in [-0.1, -0.05) is 13.8 Å². The number of aliphatic carboxylic acids is 1. The lowest BCUT2D eigenvalue weighted by molar-refractivity contribution is -0.139.